The highest BCUT2D eigenvalue weighted by molar-refractivity contribution is 5.71. The monoisotopic (exact) mass is 1060 g/mol. The number of esters is 3. The van der Waals surface area contributed by atoms with Gasteiger partial charge in [0.15, 0.2) is 6.10 Å². The second kappa shape index (κ2) is 63.8. The standard InChI is InChI=1S/C71H114O6/c1-4-7-10-13-16-18-20-22-24-26-28-29-30-31-32-33-34-35-36-37-38-39-40-41-43-44-46-48-50-52-55-58-61-64-70(73)76-67-68(66-75-69(72)63-60-57-54-15-12-9-6-3)77-71(74)65-62-59-56-53-51-49-47-45-42-27-25-23-21-19-17-14-11-8-5-2/h7-8,10-11,16-19,22-25,28-29,31-32,34-35,37-38,42,45,49,51,68H,4-6,9,12-15,20-21,26-27,30,33,36,39-41,43-44,46-48,50,52-67H2,1-3H3/b10-7-,11-8-,18-16-,19-17-,24-22-,25-23-,29-28-,32-31-,35-34-,38-37-,45-42-,51-49-. The topological polar surface area (TPSA) is 78.9 Å². The van der Waals surface area contributed by atoms with Crippen LogP contribution in [-0.4, -0.2) is 37.2 Å². The number of rotatable bonds is 55. The van der Waals surface area contributed by atoms with E-state index in [2.05, 4.69) is 167 Å². The van der Waals surface area contributed by atoms with Crippen molar-refractivity contribution in [2.75, 3.05) is 13.2 Å². The molecule has 0 aromatic heterocycles. The summed E-state index contributed by atoms with van der Waals surface area (Å²) in [5.74, 6) is -0.940. The van der Waals surface area contributed by atoms with Crippen molar-refractivity contribution in [2.24, 2.45) is 0 Å². The summed E-state index contributed by atoms with van der Waals surface area (Å²) in [5, 5.41) is 0. The average molecular weight is 1060 g/mol. The first kappa shape index (κ1) is 72.3. The number of hydrogen-bond donors (Lipinski definition) is 0. The fourth-order valence-electron chi connectivity index (χ4n) is 8.21. The van der Waals surface area contributed by atoms with Gasteiger partial charge in [-0.05, 0) is 122 Å². The molecule has 0 amide bonds. The van der Waals surface area contributed by atoms with Crippen molar-refractivity contribution in [3.63, 3.8) is 0 Å². The van der Waals surface area contributed by atoms with Gasteiger partial charge in [-0.1, -0.05) is 269 Å². The second-order valence-corrected chi connectivity index (χ2v) is 20.2. The van der Waals surface area contributed by atoms with Crippen LogP contribution in [0.5, 0.6) is 0 Å². The summed E-state index contributed by atoms with van der Waals surface area (Å²) in [5.41, 5.74) is 0. The van der Waals surface area contributed by atoms with Crippen LogP contribution >= 0.6 is 0 Å². The van der Waals surface area contributed by atoms with E-state index in [1.165, 1.54) is 83.5 Å². The fraction of sp³-hybridized carbons (Fsp3) is 0.620. The van der Waals surface area contributed by atoms with Crippen molar-refractivity contribution in [2.45, 2.75) is 271 Å². The van der Waals surface area contributed by atoms with E-state index < -0.39 is 6.10 Å². The normalized spacial score (nSPS) is 13.1. The van der Waals surface area contributed by atoms with Crippen molar-refractivity contribution < 1.29 is 28.6 Å². The summed E-state index contributed by atoms with van der Waals surface area (Å²) in [7, 11) is 0. The number of unbranched alkanes of at least 4 members (excludes halogenated alkanes) is 20. The van der Waals surface area contributed by atoms with Crippen molar-refractivity contribution in [3.05, 3.63) is 146 Å². The van der Waals surface area contributed by atoms with E-state index >= 15 is 0 Å². The molecule has 0 aliphatic heterocycles. The summed E-state index contributed by atoms with van der Waals surface area (Å²) in [6.07, 6.45) is 91.6. The van der Waals surface area contributed by atoms with E-state index in [4.69, 9.17) is 14.2 Å². The zero-order valence-electron chi connectivity index (χ0n) is 49.7. The minimum atomic E-state index is -0.799. The molecule has 1 atom stereocenters. The van der Waals surface area contributed by atoms with Crippen molar-refractivity contribution in [1.29, 1.82) is 0 Å². The van der Waals surface area contributed by atoms with E-state index in [1.54, 1.807) is 0 Å². The molecule has 0 radical (unpaired) electrons. The van der Waals surface area contributed by atoms with Crippen LogP contribution in [0.1, 0.15) is 265 Å². The number of carbonyl (C=O) groups is 3. The summed E-state index contributed by atoms with van der Waals surface area (Å²) in [6, 6.07) is 0. The van der Waals surface area contributed by atoms with Gasteiger partial charge < -0.3 is 14.2 Å². The molecule has 0 saturated heterocycles. The SMILES string of the molecule is CC/C=C\C/C=C\C/C=C\C/C=C\C/C=C\C/C=C\C/C=C\CCCCCCCCCCCCCC(=O)OCC(COC(=O)CCCCCCCCC)OC(=O)CCCCC/C=C\C/C=C\C/C=C\C/C=C\C/C=C\CC. The maximum Gasteiger partial charge on any atom is 0.306 e. The first-order valence-corrected chi connectivity index (χ1v) is 31.3. The molecular formula is C71H114O6. The largest absolute Gasteiger partial charge is 0.462 e. The molecule has 1 unspecified atom stereocenters. The lowest BCUT2D eigenvalue weighted by Crippen LogP contribution is -2.30. The molecule has 0 heterocycles. The average Bonchev–Trinajstić information content (AvgIpc) is 3.43. The summed E-state index contributed by atoms with van der Waals surface area (Å²) < 4.78 is 16.8. The molecule has 0 aromatic carbocycles. The zero-order chi connectivity index (χ0) is 55.7. The Balaban J connectivity index is 4.17. The molecule has 0 N–H and O–H groups in total. The Kier molecular flexibility index (Phi) is 59.9. The molecule has 0 rings (SSSR count). The molecule has 0 aliphatic carbocycles. The van der Waals surface area contributed by atoms with E-state index in [1.807, 2.05) is 0 Å². The first-order chi connectivity index (χ1) is 38.0. The summed E-state index contributed by atoms with van der Waals surface area (Å²) in [6.45, 7) is 6.33. The van der Waals surface area contributed by atoms with Crippen molar-refractivity contribution >= 4 is 17.9 Å². The lowest BCUT2D eigenvalue weighted by Gasteiger charge is -2.18. The number of ether oxygens (including phenoxy) is 3. The van der Waals surface area contributed by atoms with Gasteiger partial charge in [-0.2, -0.15) is 0 Å². The lowest BCUT2D eigenvalue weighted by atomic mass is 10.0. The fourth-order valence-corrected chi connectivity index (χ4v) is 8.21. The highest BCUT2D eigenvalue weighted by Gasteiger charge is 2.19. The number of hydrogen-bond acceptors (Lipinski definition) is 6. The molecule has 77 heavy (non-hydrogen) atoms. The highest BCUT2D eigenvalue weighted by atomic mass is 16.6. The zero-order valence-corrected chi connectivity index (χ0v) is 49.7. The second-order valence-electron chi connectivity index (χ2n) is 20.2. The van der Waals surface area contributed by atoms with Crippen LogP contribution in [0.4, 0.5) is 0 Å². The number of carbonyl (C=O) groups excluding carboxylic acids is 3. The summed E-state index contributed by atoms with van der Waals surface area (Å²) in [4.78, 5) is 38.0. The maximum absolute atomic E-state index is 12.8. The van der Waals surface area contributed by atoms with Crippen molar-refractivity contribution in [3.8, 4) is 0 Å². The van der Waals surface area contributed by atoms with Gasteiger partial charge in [0.25, 0.3) is 0 Å². The Bertz CT molecular complexity index is 1700. The molecule has 0 aromatic rings. The third kappa shape index (κ3) is 62.0. The minimum Gasteiger partial charge on any atom is -0.462 e. The van der Waals surface area contributed by atoms with Crippen LogP contribution in [-0.2, 0) is 28.6 Å². The molecular weight excluding hydrogens is 949 g/mol. The first-order valence-electron chi connectivity index (χ1n) is 31.3. The molecule has 434 valence electrons. The Morgan fingerprint density at radius 3 is 0.805 bits per heavy atom. The van der Waals surface area contributed by atoms with E-state index in [0.717, 1.165) is 141 Å². The molecule has 6 nitrogen and oxygen atoms in total. The third-order valence-electron chi connectivity index (χ3n) is 12.8. The van der Waals surface area contributed by atoms with Gasteiger partial charge in [0, 0.05) is 19.3 Å². The van der Waals surface area contributed by atoms with E-state index in [-0.39, 0.29) is 37.5 Å². The van der Waals surface area contributed by atoms with Crippen LogP contribution in [0.2, 0.25) is 0 Å². The van der Waals surface area contributed by atoms with Gasteiger partial charge in [0.2, 0.25) is 0 Å². The van der Waals surface area contributed by atoms with Crippen molar-refractivity contribution in [1.82, 2.24) is 0 Å². The lowest BCUT2D eigenvalue weighted by molar-refractivity contribution is -0.167. The van der Waals surface area contributed by atoms with Gasteiger partial charge >= 0.3 is 17.9 Å². The molecule has 0 fully saturated rings. The van der Waals surface area contributed by atoms with E-state index in [0.29, 0.717) is 12.8 Å². The summed E-state index contributed by atoms with van der Waals surface area (Å²) >= 11 is 0. The quantitative estimate of drug-likeness (QED) is 0.0261. The predicted octanol–water partition coefficient (Wildman–Crippen LogP) is 21.5. The smallest absolute Gasteiger partial charge is 0.306 e. The molecule has 0 bridgehead atoms. The molecule has 0 aliphatic rings. The van der Waals surface area contributed by atoms with Gasteiger partial charge in [-0.15, -0.1) is 0 Å². The minimum absolute atomic E-state index is 0.0952. The van der Waals surface area contributed by atoms with Gasteiger partial charge in [-0.3, -0.25) is 14.4 Å². The molecule has 0 saturated carbocycles. The van der Waals surface area contributed by atoms with Crippen LogP contribution in [0, 0.1) is 0 Å². The molecule has 6 heteroatoms. The van der Waals surface area contributed by atoms with Gasteiger partial charge in [0.05, 0.1) is 0 Å². The predicted molar refractivity (Wildman–Crippen MR) is 334 cm³/mol. The van der Waals surface area contributed by atoms with Crippen LogP contribution < -0.4 is 0 Å². The Hall–Kier alpha value is -4.71. The van der Waals surface area contributed by atoms with Gasteiger partial charge in [0.1, 0.15) is 13.2 Å². The van der Waals surface area contributed by atoms with Crippen LogP contribution in [0.15, 0.2) is 146 Å². The highest BCUT2D eigenvalue weighted by Crippen LogP contribution is 2.15. The Labute approximate surface area is 474 Å². The van der Waals surface area contributed by atoms with Gasteiger partial charge in [-0.25, -0.2) is 0 Å². The third-order valence-corrected chi connectivity index (χ3v) is 12.8. The van der Waals surface area contributed by atoms with Crippen LogP contribution in [0.25, 0.3) is 0 Å². The number of allylic oxidation sites excluding steroid dienone is 24. The van der Waals surface area contributed by atoms with Crippen LogP contribution in [0.3, 0.4) is 0 Å². The van der Waals surface area contributed by atoms with E-state index in [9.17, 15) is 14.4 Å². The Morgan fingerprint density at radius 1 is 0.273 bits per heavy atom. The Morgan fingerprint density at radius 2 is 0.506 bits per heavy atom. The molecule has 0 spiro atoms. The maximum atomic E-state index is 12.8.